The topological polar surface area (TPSA) is 72.6 Å². The molecule has 1 atom stereocenters. The summed E-state index contributed by atoms with van der Waals surface area (Å²) in [5, 5.41) is 0.727. The van der Waals surface area contributed by atoms with Crippen LogP contribution in [0.3, 0.4) is 0 Å². The molecular weight excluding hydrogens is 440 g/mol. The van der Waals surface area contributed by atoms with Crippen LogP contribution in [0.4, 0.5) is 5.82 Å². The van der Waals surface area contributed by atoms with Crippen LogP contribution in [0.15, 0.2) is 82.7 Å². The molecule has 7 heteroatoms. The molecule has 2 aromatic carbocycles. The number of anilines is 1. The summed E-state index contributed by atoms with van der Waals surface area (Å²) in [6, 6.07) is 15.0. The van der Waals surface area contributed by atoms with E-state index in [0.717, 1.165) is 5.56 Å². The molecule has 6 nitrogen and oxygen atoms in total. The number of hydrogen-bond acceptors (Lipinski definition) is 5. The van der Waals surface area contributed by atoms with Gasteiger partial charge < -0.3 is 9.15 Å². The molecular formula is C26H19ClN2O4. The van der Waals surface area contributed by atoms with Crippen molar-refractivity contribution in [2.24, 2.45) is 0 Å². The molecule has 2 aromatic heterocycles. The van der Waals surface area contributed by atoms with Crippen LogP contribution in [0.1, 0.15) is 33.3 Å². The summed E-state index contributed by atoms with van der Waals surface area (Å²) in [5.74, 6) is 0.592. The van der Waals surface area contributed by atoms with E-state index in [1.54, 1.807) is 42.6 Å². The minimum Gasteiger partial charge on any atom is -0.490 e. The van der Waals surface area contributed by atoms with Gasteiger partial charge in [-0.1, -0.05) is 36.4 Å². The number of benzene rings is 2. The predicted molar refractivity (Wildman–Crippen MR) is 127 cm³/mol. The molecule has 0 N–H and O–H groups in total. The van der Waals surface area contributed by atoms with Gasteiger partial charge in [0.2, 0.25) is 5.76 Å². The Morgan fingerprint density at radius 3 is 2.82 bits per heavy atom. The molecule has 0 aliphatic carbocycles. The van der Waals surface area contributed by atoms with E-state index in [-0.39, 0.29) is 16.8 Å². The lowest BCUT2D eigenvalue weighted by Gasteiger charge is -2.24. The highest BCUT2D eigenvalue weighted by Crippen LogP contribution is 2.41. The van der Waals surface area contributed by atoms with Gasteiger partial charge in [0.1, 0.15) is 23.8 Å². The van der Waals surface area contributed by atoms with Gasteiger partial charge in [0.25, 0.3) is 5.91 Å². The summed E-state index contributed by atoms with van der Waals surface area (Å²) in [6.45, 7) is 5.92. The van der Waals surface area contributed by atoms with Gasteiger partial charge in [-0.05, 0) is 60.5 Å². The molecule has 0 spiro atoms. The van der Waals surface area contributed by atoms with Crippen molar-refractivity contribution in [2.45, 2.75) is 13.0 Å². The van der Waals surface area contributed by atoms with Gasteiger partial charge in [-0.2, -0.15) is 0 Å². The molecule has 0 saturated heterocycles. The Morgan fingerprint density at radius 1 is 1.18 bits per heavy atom. The van der Waals surface area contributed by atoms with E-state index in [1.165, 1.54) is 4.90 Å². The quantitative estimate of drug-likeness (QED) is 0.371. The molecule has 33 heavy (non-hydrogen) atoms. The number of carbonyl (C=O) groups excluding carboxylic acids is 1. The second kappa shape index (κ2) is 8.22. The van der Waals surface area contributed by atoms with Crippen LogP contribution in [-0.4, -0.2) is 17.5 Å². The Hall–Kier alpha value is -3.90. The van der Waals surface area contributed by atoms with Gasteiger partial charge >= 0.3 is 0 Å². The van der Waals surface area contributed by atoms with Crippen molar-refractivity contribution in [1.82, 2.24) is 4.98 Å². The predicted octanol–water partition coefficient (Wildman–Crippen LogP) is 5.46. The SMILES string of the molecule is C=CCOc1cccc(C2c3c(oc4ccc(Cl)cc4c3=O)C(=O)N2c2cc(C)ccn2)c1. The Labute approximate surface area is 194 Å². The van der Waals surface area contributed by atoms with Crippen LogP contribution in [0.5, 0.6) is 5.75 Å². The number of halogens is 1. The van der Waals surface area contributed by atoms with Gasteiger partial charge in [0.05, 0.1) is 17.0 Å². The van der Waals surface area contributed by atoms with Gasteiger partial charge in [0, 0.05) is 11.2 Å². The number of ether oxygens (including phenoxy) is 1. The summed E-state index contributed by atoms with van der Waals surface area (Å²) < 4.78 is 11.6. The van der Waals surface area contributed by atoms with Gasteiger partial charge in [0.15, 0.2) is 5.43 Å². The first-order valence-corrected chi connectivity index (χ1v) is 10.7. The zero-order chi connectivity index (χ0) is 23.1. The number of amides is 1. The number of hydrogen-bond donors (Lipinski definition) is 0. The molecule has 5 rings (SSSR count). The lowest BCUT2D eigenvalue weighted by Crippen LogP contribution is -2.30. The molecule has 1 aliphatic rings. The lowest BCUT2D eigenvalue weighted by molar-refractivity contribution is 0.0970. The number of pyridine rings is 1. The van der Waals surface area contributed by atoms with Crippen molar-refractivity contribution in [1.29, 1.82) is 0 Å². The van der Waals surface area contributed by atoms with E-state index >= 15 is 0 Å². The molecule has 1 aliphatic heterocycles. The zero-order valence-electron chi connectivity index (χ0n) is 17.7. The Balaban J connectivity index is 1.78. The first-order valence-electron chi connectivity index (χ1n) is 10.3. The van der Waals surface area contributed by atoms with Crippen LogP contribution in [0, 0.1) is 6.92 Å². The van der Waals surface area contributed by atoms with Crippen LogP contribution in [0.25, 0.3) is 11.0 Å². The average molecular weight is 459 g/mol. The highest BCUT2D eigenvalue weighted by Gasteiger charge is 2.44. The molecule has 164 valence electrons. The number of aryl methyl sites for hydroxylation is 1. The van der Waals surface area contributed by atoms with E-state index in [1.807, 2.05) is 31.2 Å². The van der Waals surface area contributed by atoms with Crippen molar-refractivity contribution < 1.29 is 13.9 Å². The first kappa shape index (κ1) is 21.0. The largest absolute Gasteiger partial charge is 0.490 e. The van der Waals surface area contributed by atoms with Gasteiger partial charge in [-0.15, -0.1) is 0 Å². The van der Waals surface area contributed by atoms with Gasteiger partial charge in [-0.3, -0.25) is 14.5 Å². The molecule has 0 bridgehead atoms. The standard InChI is InChI=1S/C26H19ClN2O4/c1-3-11-32-18-6-4-5-16(13-18)23-22-24(30)19-14-17(27)7-8-20(19)33-25(22)26(31)29(23)21-12-15(2)9-10-28-21/h3-10,12-14,23H,1,11H2,2H3. The Bertz CT molecular complexity index is 1480. The number of nitrogens with zero attached hydrogens (tertiary/aromatic N) is 2. The maximum absolute atomic E-state index is 13.6. The maximum Gasteiger partial charge on any atom is 0.296 e. The fourth-order valence-electron chi connectivity index (χ4n) is 4.08. The summed E-state index contributed by atoms with van der Waals surface area (Å²) >= 11 is 6.14. The van der Waals surface area contributed by atoms with E-state index in [0.29, 0.717) is 39.7 Å². The fraction of sp³-hybridized carbons (Fsp3) is 0.115. The highest BCUT2D eigenvalue weighted by atomic mass is 35.5. The second-order valence-electron chi connectivity index (χ2n) is 7.76. The van der Waals surface area contributed by atoms with E-state index in [4.69, 9.17) is 20.8 Å². The number of fused-ring (bicyclic) bond motifs is 2. The third-order valence-electron chi connectivity index (χ3n) is 5.52. The summed E-state index contributed by atoms with van der Waals surface area (Å²) in [5.41, 5.74) is 1.87. The third kappa shape index (κ3) is 3.58. The van der Waals surface area contributed by atoms with Crippen molar-refractivity contribution in [3.05, 3.63) is 111 Å². The average Bonchev–Trinajstić information content (AvgIpc) is 3.11. The van der Waals surface area contributed by atoms with Crippen molar-refractivity contribution in [3.8, 4) is 5.75 Å². The normalized spacial score (nSPS) is 15.0. The molecule has 0 fully saturated rings. The molecule has 4 aromatic rings. The molecule has 1 unspecified atom stereocenters. The summed E-state index contributed by atoms with van der Waals surface area (Å²) in [6.07, 6.45) is 3.28. The van der Waals surface area contributed by atoms with Crippen LogP contribution in [0.2, 0.25) is 5.02 Å². The van der Waals surface area contributed by atoms with E-state index in [2.05, 4.69) is 11.6 Å². The number of carbonyl (C=O) groups is 1. The van der Waals surface area contributed by atoms with Crippen LogP contribution < -0.4 is 15.1 Å². The van der Waals surface area contributed by atoms with Crippen molar-refractivity contribution in [2.75, 3.05) is 11.5 Å². The molecule has 0 saturated carbocycles. The Morgan fingerprint density at radius 2 is 2.03 bits per heavy atom. The summed E-state index contributed by atoms with van der Waals surface area (Å²) in [4.78, 5) is 33.1. The fourth-order valence-corrected chi connectivity index (χ4v) is 4.25. The van der Waals surface area contributed by atoms with E-state index in [9.17, 15) is 9.59 Å². The van der Waals surface area contributed by atoms with Gasteiger partial charge in [-0.25, -0.2) is 4.98 Å². The van der Waals surface area contributed by atoms with Crippen molar-refractivity contribution >= 4 is 34.3 Å². The number of rotatable bonds is 5. The maximum atomic E-state index is 13.6. The monoisotopic (exact) mass is 458 g/mol. The Kier molecular flexibility index (Phi) is 5.23. The van der Waals surface area contributed by atoms with Crippen LogP contribution >= 0.6 is 11.6 Å². The molecule has 1 amide bonds. The number of aromatic nitrogens is 1. The summed E-state index contributed by atoms with van der Waals surface area (Å²) in [7, 11) is 0. The first-order chi connectivity index (χ1) is 16.0. The third-order valence-corrected chi connectivity index (χ3v) is 5.76. The smallest absolute Gasteiger partial charge is 0.296 e. The van der Waals surface area contributed by atoms with Crippen molar-refractivity contribution in [3.63, 3.8) is 0 Å². The minimum atomic E-state index is -0.742. The molecule has 3 heterocycles. The minimum absolute atomic E-state index is 0.000501. The highest BCUT2D eigenvalue weighted by molar-refractivity contribution is 6.31. The zero-order valence-corrected chi connectivity index (χ0v) is 18.5. The lowest BCUT2D eigenvalue weighted by atomic mass is 9.98. The van der Waals surface area contributed by atoms with Crippen LogP contribution in [-0.2, 0) is 0 Å². The van der Waals surface area contributed by atoms with E-state index < -0.39 is 11.9 Å². The molecule has 0 radical (unpaired) electrons. The second-order valence-corrected chi connectivity index (χ2v) is 8.19.